The molecule has 0 spiro atoms. The third-order valence-electron chi connectivity index (χ3n) is 4.40. The van der Waals surface area contributed by atoms with E-state index in [1.165, 1.54) is 12.8 Å². The van der Waals surface area contributed by atoms with Gasteiger partial charge in [0.25, 0.3) is 0 Å². The molecule has 21 heavy (non-hydrogen) atoms. The van der Waals surface area contributed by atoms with Gasteiger partial charge in [-0.15, -0.1) is 0 Å². The highest BCUT2D eigenvalue weighted by Gasteiger charge is 2.40. The summed E-state index contributed by atoms with van der Waals surface area (Å²) in [6.07, 6.45) is 6.60. The van der Waals surface area contributed by atoms with E-state index in [9.17, 15) is 4.79 Å². The van der Waals surface area contributed by atoms with Crippen molar-refractivity contribution < 1.29 is 14.1 Å². The third kappa shape index (κ3) is 3.01. The van der Waals surface area contributed by atoms with E-state index < -0.39 is 5.60 Å². The first-order valence-corrected chi connectivity index (χ1v) is 8.99. The van der Waals surface area contributed by atoms with Gasteiger partial charge in [0.15, 0.2) is 5.78 Å². The Balaban J connectivity index is 1.86. The van der Waals surface area contributed by atoms with Gasteiger partial charge in [0.1, 0.15) is 11.5 Å². The lowest BCUT2D eigenvalue weighted by atomic mass is 9.93. The molecule has 1 aromatic heterocycles. The van der Waals surface area contributed by atoms with Crippen molar-refractivity contribution in [3.05, 3.63) is 11.7 Å². The highest BCUT2D eigenvalue weighted by atomic mass is 32.2. The maximum atomic E-state index is 11.8. The number of hydrogen-bond donors (Lipinski definition) is 0. The minimum absolute atomic E-state index is 0.196. The summed E-state index contributed by atoms with van der Waals surface area (Å²) in [5, 5.41) is 4.18. The summed E-state index contributed by atoms with van der Waals surface area (Å²) < 4.78 is 11.5. The van der Waals surface area contributed by atoms with E-state index in [0.717, 1.165) is 31.4 Å². The quantitative estimate of drug-likeness (QED) is 0.796. The monoisotopic (exact) mass is 310 g/mol. The number of hydrogen-bond acceptors (Lipinski definition) is 6. The van der Waals surface area contributed by atoms with Gasteiger partial charge in [0.2, 0.25) is 11.7 Å². The molecule has 3 rings (SSSR count). The van der Waals surface area contributed by atoms with E-state index >= 15 is 0 Å². The fraction of sp³-hybridized carbons (Fsp3) is 0.800. The molecule has 116 valence electrons. The van der Waals surface area contributed by atoms with Crippen LogP contribution in [0.4, 0.5) is 0 Å². The average Bonchev–Trinajstić information content (AvgIpc) is 3.05. The van der Waals surface area contributed by atoms with Gasteiger partial charge in [-0.1, -0.05) is 30.8 Å². The third-order valence-corrected chi connectivity index (χ3v) is 5.45. The van der Waals surface area contributed by atoms with Gasteiger partial charge in [-0.25, -0.2) is 0 Å². The number of aromatic nitrogens is 2. The van der Waals surface area contributed by atoms with Gasteiger partial charge in [0, 0.05) is 12.4 Å². The molecular weight excluding hydrogens is 288 g/mol. The van der Waals surface area contributed by atoms with Gasteiger partial charge in [-0.3, -0.25) is 4.79 Å². The number of ketones is 1. The Morgan fingerprint density at radius 2 is 2.10 bits per heavy atom. The lowest BCUT2D eigenvalue weighted by molar-refractivity contribution is -0.117. The largest absolute Gasteiger partial charge is 0.367 e. The van der Waals surface area contributed by atoms with Gasteiger partial charge >= 0.3 is 0 Å². The summed E-state index contributed by atoms with van der Waals surface area (Å²) >= 11 is 1.63. The zero-order valence-corrected chi connectivity index (χ0v) is 13.3. The van der Waals surface area contributed by atoms with Crippen LogP contribution in [0.2, 0.25) is 0 Å². The molecule has 5 nitrogen and oxygen atoms in total. The molecule has 2 aliphatic rings. The van der Waals surface area contributed by atoms with Crippen molar-refractivity contribution in [2.75, 3.05) is 18.1 Å². The molecular formula is C15H22N2O3S. The molecule has 1 aromatic rings. The Labute approximate surface area is 129 Å². The van der Waals surface area contributed by atoms with E-state index in [2.05, 4.69) is 10.1 Å². The smallest absolute Gasteiger partial charge is 0.238 e. The van der Waals surface area contributed by atoms with Crippen molar-refractivity contribution in [1.82, 2.24) is 10.1 Å². The number of Topliss-reactive ketones (excluding diaryl/α,β-unsaturated/α-hetero) is 1. The van der Waals surface area contributed by atoms with Crippen LogP contribution in [0.25, 0.3) is 0 Å². The Kier molecular flexibility index (Phi) is 4.64. The topological polar surface area (TPSA) is 65.2 Å². The summed E-state index contributed by atoms with van der Waals surface area (Å²) in [4.78, 5) is 16.4. The van der Waals surface area contributed by atoms with Crippen LogP contribution < -0.4 is 0 Å². The Morgan fingerprint density at radius 3 is 2.71 bits per heavy atom. The molecule has 1 saturated carbocycles. The maximum Gasteiger partial charge on any atom is 0.238 e. The predicted octanol–water partition coefficient (Wildman–Crippen LogP) is 3.06. The second kappa shape index (κ2) is 6.48. The van der Waals surface area contributed by atoms with Crippen molar-refractivity contribution >= 4 is 17.5 Å². The van der Waals surface area contributed by atoms with Crippen LogP contribution in [0, 0.1) is 0 Å². The fourth-order valence-electron chi connectivity index (χ4n) is 3.25. The molecule has 1 aliphatic carbocycles. The van der Waals surface area contributed by atoms with E-state index in [1.54, 1.807) is 11.8 Å². The molecule has 0 N–H and O–H groups in total. The zero-order valence-electron chi connectivity index (χ0n) is 12.5. The summed E-state index contributed by atoms with van der Waals surface area (Å²) in [5.74, 6) is 2.40. The number of thioether (sulfide) groups is 1. The number of carbonyl (C=O) groups is 1. The molecule has 0 aromatic carbocycles. The van der Waals surface area contributed by atoms with Crippen LogP contribution in [0.15, 0.2) is 4.52 Å². The predicted molar refractivity (Wildman–Crippen MR) is 80.4 cm³/mol. The van der Waals surface area contributed by atoms with Gasteiger partial charge < -0.3 is 9.26 Å². The van der Waals surface area contributed by atoms with Crippen LogP contribution in [-0.2, 0) is 15.1 Å². The van der Waals surface area contributed by atoms with Crippen LogP contribution in [-0.4, -0.2) is 34.0 Å². The van der Waals surface area contributed by atoms with Gasteiger partial charge in [-0.05, 0) is 19.8 Å². The second-order valence-electron chi connectivity index (χ2n) is 5.83. The van der Waals surface area contributed by atoms with Gasteiger partial charge in [-0.2, -0.15) is 16.7 Å². The van der Waals surface area contributed by atoms with Gasteiger partial charge in [0.05, 0.1) is 5.75 Å². The lowest BCUT2D eigenvalue weighted by Crippen LogP contribution is -2.31. The van der Waals surface area contributed by atoms with Crippen LogP contribution in [0.3, 0.4) is 0 Å². The summed E-state index contributed by atoms with van der Waals surface area (Å²) in [7, 11) is 0. The number of carbonyl (C=O) groups excluding carboxylic acids is 1. The van der Waals surface area contributed by atoms with Crippen LogP contribution >= 0.6 is 11.8 Å². The van der Waals surface area contributed by atoms with Crippen LogP contribution in [0.5, 0.6) is 0 Å². The molecule has 1 unspecified atom stereocenters. The molecule has 0 bridgehead atoms. The molecule has 0 radical (unpaired) electrons. The maximum absolute atomic E-state index is 11.8. The molecule has 2 fully saturated rings. The van der Waals surface area contributed by atoms with Crippen molar-refractivity contribution in [2.45, 2.75) is 57.0 Å². The van der Waals surface area contributed by atoms with Crippen molar-refractivity contribution in [1.29, 1.82) is 0 Å². The van der Waals surface area contributed by atoms with E-state index in [1.807, 2.05) is 6.92 Å². The van der Waals surface area contributed by atoms with Crippen molar-refractivity contribution in [2.24, 2.45) is 0 Å². The molecule has 1 atom stereocenters. The molecule has 6 heteroatoms. The second-order valence-corrected chi connectivity index (χ2v) is 6.86. The first-order valence-electron chi connectivity index (χ1n) is 7.84. The number of nitrogens with zero attached hydrogens (tertiary/aromatic N) is 2. The molecule has 0 amide bonds. The lowest BCUT2D eigenvalue weighted by Gasteiger charge is -2.29. The zero-order chi connectivity index (χ0) is 14.7. The highest BCUT2D eigenvalue weighted by molar-refractivity contribution is 8.00. The molecule has 1 saturated heterocycles. The average molecular weight is 310 g/mol. The van der Waals surface area contributed by atoms with Crippen LogP contribution in [0.1, 0.15) is 63.1 Å². The Bertz CT molecular complexity index is 495. The highest BCUT2D eigenvalue weighted by Crippen LogP contribution is 2.39. The molecule has 2 heterocycles. The normalized spacial score (nSPS) is 26.0. The standard InChI is InChI=1S/C15H22N2O3S/c1-2-19-15(7-5-3-4-6-8-15)14-16-13(20-17-14)11-9-21-10-12(11)18/h11H,2-10H2,1H3. The Morgan fingerprint density at radius 1 is 1.33 bits per heavy atom. The van der Waals surface area contributed by atoms with Crippen molar-refractivity contribution in [3.8, 4) is 0 Å². The first kappa shape index (κ1) is 15.0. The Hall–Kier alpha value is -0.880. The minimum Gasteiger partial charge on any atom is -0.367 e. The number of ether oxygens (including phenoxy) is 1. The summed E-state index contributed by atoms with van der Waals surface area (Å²) in [6, 6.07) is 0. The van der Waals surface area contributed by atoms with E-state index in [4.69, 9.17) is 9.26 Å². The van der Waals surface area contributed by atoms with E-state index in [0.29, 0.717) is 24.1 Å². The SMILES string of the molecule is CCOC1(c2noc(C3CSCC3=O)n2)CCCCCC1. The summed E-state index contributed by atoms with van der Waals surface area (Å²) in [5.41, 5.74) is -0.415. The first-order chi connectivity index (χ1) is 10.2. The molecule has 1 aliphatic heterocycles. The van der Waals surface area contributed by atoms with Crippen molar-refractivity contribution in [3.63, 3.8) is 0 Å². The van der Waals surface area contributed by atoms with E-state index in [-0.39, 0.29) is 11.7 Å². The fourth-order valence-corrected chi connectivity index (χ4v) is 4.33. The number of rotatable bonds is 4. The summed E-state index contributed by atoms with van der Waals surface area (Å²) in [6.45, 7) is 2.65. The minimum atomic E-state index is -0.415.